The van der Waals surface area contributed by atoms with E-state index in [0.29, 0.717) is 0 Å². The summed E-state index contributed by atoms with van der Waals surface area (Å²) in [5.74, 6) is -1.10. The molecule has 0 spiro atoms. The SMILES string of the molecule is Cc1nn(C)c(C)c1/C=C1\N=C(c2ccccc2F)OC1=O. The highest BCUT2D eigenvalue weighted by atomic mass is 19.1. The molecule has 0 unspecified atom stereocenters. The van der Waals surface area contributed by atoms with Gasteiger partial charge in [0.1, 0.15) is 5.82 Å². The molecule has 0 atom stereocenters. The molecule has 0 saturated heterocycles. The second-order valence-electron chi connectivity index (χ2n) is 5.02. The molecular formula is C16H14FN3O2. The van der Waals surface area contributed by atoms with Crippen molar-refractivity contribution in [3.05, 3.63) is 58.3 Å². The summed E-state index contributed by atoms with van der Waals surface area (Å²) in [6, 6.07) is 6.04. The number of aromatic nitrogens is 2. The molecule has 0 amide bonds. The van der Waals surface area contributed by atoms with Crippen LogP contribution in [0.4, 0.5) is 4.39 Å². The standard InChI is InChI=1S/C16H14FN3O2/c1-9-12(10(2)20(3)19-9)8-14-16(21)22-15(18-14)11-6-4-5-7-13(11)17/h4-8H,1-3H3/b14-8-. The maximum Gasteiger partial charge on any atom is 0.363 e. The lowest BCUT2D eigenvalue weighted by Crippen LogP contribution is -2.07. The molecule has 6 heteroatoms. The molecule has 2 heterocycles. The third-order valence-corrected chi connectivity index (χ3v) is 3.57. The molecule has 5 nitrogen and oxygen atoms in total. The second kappa shape index (κ2) is 5.22. The van der Waals surface area contributed by atoms with Crippen LogP contribution in [0, 0.1) is 19.7 Å². The van der Waals surface area contributed by atoms with E-state index >= 15 is 0 Å². The summed E-state index contributed by atoms with van der Waals surface area (Å²) in [5, 5.41) is 4.28. The molecular weight excluding hydrogens is 285 g/mol. The number of carbonyl (C=O) groups is 1. The zero-order valence-corrected chi connectivity index (χ0v) is 12.4. The predicted octanol–water partition coefficient (Wildman–Crippen LogP) is 2.52. The lowest BCUT2D eigenvalue weighted by Gasteiger charge is -1.99. The van der Waals surface area contributed by atoms with Crippen LogP contribution in [0.25, 0.3) is 6.08 Å². The molecule has 1 aromatic heterocycles. The van der Waals surface area contributed by atoms with Gasteiger partial charge < -0.3 is 4.74 Å². The molecule has 0 saturated carbocycles. The van der Waals surface area contributed by atoms with E-state index in [-0.39, 0.29) is 17.2 Å². The van der Waals surface area contributed by atoms with Crippen LogP contribution in [0.3, 0.4) is 0 Å². The van der Waals surface area contributed by atoms with Gasteiger partial charge in [0.2, 0.25) is 5.90 Å². The van der Waals surface area contributed by atoms with Gasteiger partial charge in [-0.2, -0.15) is 5.10 Å². The van der Waals surface area contributed by atoms with E-state index in [2.05, 4.69) is 10.1 Å². The number of halogens is 1. The molecule has 112 valence electrons. The number of aliphatic imine (C=N–C) groups is 1. The molecule has 0 bridgehead atoms. The summed E-state index contributed by atoms with van der Waals surface area (Å²) in [4.78, 5) is 16.1. The van der Waals surface area contributed by atoms with Gasteiger partial charge >= 0.3 is 5.97 Å². The van der Waals surface area contributed by atoms with Crippen molar-refractivity contribution in [2.45, 2.75) is 13.8 Å². The zero-order chi connectivity index (χ0) is 15.9. The van der Waals surface area contributed by atoms with Crippen molar-refractivity contribution in [1.82, 2.24) is 9.78 Å². The first kappa shape index (κ1) is 14.2. The summed E-state index contributed by atoms with van der Waals surface area (Å²) in [7, 11) is 1.82. The van der Waals surface area contributed by atoms with Crippen molar-refractivity contribution in [2.75, 3.05) is 0 Å². The van der Waals surface area contributed by atoms with Crippen LogP contribution in [-0.2, 0) is 16.6 Å². The van der Waals surface area contributed by atoms with E-state index in [1.807, 2.05) is 20.9 Å². The number of benzene rings is 1. The summed E-state index contributed by atoms with van der Waals surface area (Å²) >= 11 is 0. The van der Waals surface area contributed by atoms with Gasteiger partial charge in [0.25, 0.3) is 0 Å². The quantitative estimate of drug-likeness (QED) is 0.632. The average Bonchev–Trinajstić information content (AvgIpc) is 2.95. The van der Waals surface area contributed by atoms with Crippen molar-refractivity contribution in [3.63, 3.8) is 0 Å². The van der Waals surface area contributed by atoms with Gasteiger partial charge in [-0.1, -0.05) is 12.1 Å². The molecule has 1 aliphatic heterocycles. The minimum Gasteiger partial charge on any atom is -0.402 e. The third kappa shape index (κ3) is 2.32. The Kier molecular flexibility index (Phi) is 3.36. The van der Waals surface area contributed by atoms with Gasteiger partial charge in [-0.3, -0.25) is 4.68 Å². The van der Waals surface area contributed by atoms with E-state index in [0.717, 1.165) is 17.0 Å². The number of rotatable bonds is 2. The molecule has 0 radical (unpaired) electrons. The first-order valence-corrected chi connectivity index (χ1v) is 6.75. The van der Waals surface area contributed by atoms with Crippen molar-refractivity contribution in [1.29, 1.82) is 0 Å². The number of cyclic esters (lactones) is 1. The highest BCUT2D eigenvalue weighted by molar-refractivity contribution is 6.13. The normalized spacial score (nSPS) is 16.1. The summed E-state index contributed by atoms with van der Waals surface area (Å²) in [6.45, 7) is 3.75. The van der Waals surface area contributed by atoms with Crippen molar-refractivity contribution < 1.29 is 13.9 Å². The van der Waals surface area contributed by atoms with Crippen molar-refractivity contribution in [2.24, 2.45) is 12.0 Å². The van der Waals surface area contributed by atoms with Crippen LogP contribution in [0.5, 0.6) is 0 Å². The third-order valence-electron chi connectivity index (χ3n) is 3.57. The molecule has 22 heavy (non-hydrogen) atoms. The van der Waals surface area contributed by atoms with Gasteiger partial charge in [-0.05, 0) is 32.1 Å². The van der Waals surface area contributed by atoms with Crippen LogP contribution >= 0.6 is 0 Å². The number of aryl methyl sites for hydroxylation is 2. The number of hydrogen-bond acceptors (Lipinski definition) is 4. The summed E-state index contributed by atoms with van der Waals surface area (Å²) < 4.78 is 20.6. The van der Waals surface area contributed by atoms with Gasteiger partial charge in [-0.15, -0.1) is 0 Å². The Bertz CT molecular complexity index is 834. The lowest BCUT2D eigenvalue weighted by molar-refractivity contribution is -0.129. The number of ether oxygens (including phenoxy) is 1. The number of hydrogen-bond donors (Lipinski definition) is 0. The monoisotopic (exact) mass is 299 g/mol. The highest BCUT2D eigenvalue weighted by Crippen LogP contribution is 2.23. The topological polar surface area (TPSA) is 56.5 Å². The minimum absolute atomic E-state index is 0.0199. The van der Waals surface area contributed by atoms with Gasteiger partial charge in [0, 0.05) is 18.3 Å². The Morgan fingerprint density at radius 2 is 2.00 bits per heavy atom. The molecule has 1 aromatic carbocycles. The molecule has 0 N–H and O–H groups in total. The Hall–Kier alpha value is -2.76. The molecule has 0 fully saturated rings. The fourth-order valence-corrected chi connectivity index (χ4v) is 2.29. The number of carbonyl (C=O) groups excluding carboxylic acids is 1. The van der Waals surface area contributed by atoms with Crippen LogP contribution in [0.15, 0.2) is 35.0 Å². The lowest BCUT2D eigenvalue weighted by atomic mass is 10.1. The van der Waals surface area contributed by atoms with Gasteiger partial charge in [0.05, 0.1) is 11.3 Å². The summed E-state index contributed by atoms with van der Waals surface area (Å²) in [6.07, 6.45) is 1.62. The van der Waals surface area contributed by atoms with Crippen LogP contribution in [-0.4, -0.2) is 21.6 Å². The number of esters is 1. The van der Waals surface area contributed by atoms with Gasteiger partial charge in [-0.25, -0.2) is 14.2 Å². The van der Waals surface area contributed by atoms with E-state index in [9.17, 15) is 9.18 Å². The van der Waals surface area contributed by atoms with Crippen LogP contribution in [0.1, 0.15) is 22.5 Å². The van der Waals surface area contributed by atoms with E-state index in [4.69, 9.17) is 4.74 Å². The smallest absolute Gasteiger partial charge is 0.363 e. The molecule has 3 rings (SSSR count). The maximum atomic E-state index is 13.7. The summed E-state index contributed by atoms with van der Waals surface area (Å²) in [5.41, 5.74) is 2.81. The zero-order valence-electron chi connectivity index (χ0n) is 12.4. The first-order valence-electron chi connectivity index (χ1n) is 6.75. The van der Waals surface area contributed by atoms with Crippen LogP contribution in [0.2, 0.25) is 0 Å². The maximum absolute atomic E-state index is 13.7. The molecule has 2 aromatic rings. The largest absolute Gasteiger partial charge is 0.402 e. The Balaban J connectivity index is 2.04. The Morgan fingerprint density at radius 3 is 2.64 bits per heavy atom. The Labute approximate surface area is 126 Å². The minimum atomic E-state index is -0.596. The molecule has 1 aliphatic rings. The van der Waals surface area contributed by atoms with Crippen molar-refractivity contribution >= 4 is 17.9 Å². The fraction of sp³-hybridized carbons (Fsp3) is 0.188. The predicted molar refractivity (Wildman–Crippen MR) is 79.7 cm³/mol. The van der Waals surface area contributed by atoms with Crippen LogP contribution < -0.4 is 0 Å². The molecule has 0 aliphatic carbocycles. The van der Waals surface area contributed by atoms with E-state index in [1.165, 1.54) is 12.1 Å². The van der Waals surface area contributed by atoms with E-state index < -0.39 is 11.8 Å². The number of nitrogens with zero attached hydrogens (tertiary/aromatic N) is 3. The second-order valence-corrected chi connectivity index (χ2v) is 5.02. The Morgan fingerprint density at radius 1 is 1.27 bits per heavy atom. The average molecular weight is 299 g/mol. The fourth-order valence-electron chi connectivity index (χ4n) is 2.29. The van der Waals surface area contributed by atoms with Gasteiger partial charge in [0.15, 0.2) is 5.70 Å². The van der Waals surface area contributed by atoms with E-state index in [1.54, 1.807) is 22.9 Å². The van der Waals surface area contributed by atoms with Crippen molar-refractivity contribution in [3.8, 4) is 0 Å². The highest BCUT2D eigenvalue weighted by Gasteiger charge is 2.26. The first-order chi connectivity index (χ1) is 10.5.